The summed E-state index contributed by atoms with van der Waals surface area (Å²) in [5.41, 5.74) is -0.942. The number of sulfonamides is 1. The molecule has 1 atom stereocenters. The van der Waals surface area contributed by atoms with Crippen molar-refractivity contribution < 1.29 is 18.3 Å². The Morgan fingerprint density at radius 2 is 2.11 bits per heavy atom. The maximum atomic E-state index is 12.4. The van der Waals surface area contributed by atoms with Crippen molar-refractivity contribution in [1.82, 2.24) is 9.62 Å². The maximum Gasteiger partial charge on any atom is 0.218 e. The first kappa shape index (κ1) is 15.2. The van der Waals surface area contributed by atoms with Gasteiger partial charge in [-0.2, -0.15) is 0 Å². The highest BCUT2D eigenvalue weighted by Gasteiger charge is 2.37. The standard InChI is InChI=1S/C12H24N2O4S/c1-14(10-12(15)4-7-18-8-5-12)19(16,17)11-3-2-6-13-9-11/h11,13,15H,2-10H2,1H3. The highest BCUT2D eigenvalue weighted by Crippen LogP contribution is 2.24. The van der Waals surface area contributed by atoms with Gasteiger partial charge in [-0.1, -0.05) is 0 Å². The number of aliphatic hydroxyl groups is 1. The van der Waals surface area contributed by atoms with Gasteiger partial charge in [0.25, 0.3) is 0 Å². The summed E-state index contributed by atoms with van der Waals surface area (Å²) in [4.78, 5) is 0. The second kappa shape index (κ2) is 6.05. The summed E-state index contributed by atoms with van der Waals surface area (Å²) < 4.78 is 31.4. The number of hydrogen-bond donors (Lipinski definition) is 2. The van der Waals surface area contributed by atoms with Crippen LogP contribution in [-0.2, 0) is 14.8 Å². The Bertz CT molecular complexity index is 387. The number of nitrogens with one attached hydrogen (secondary N) is 1. The van der Waals surface area contributed by atoms with E-state index in [0.717, 1.165) is 13.0 Å². The van der Waals surface area contributed by atoms with E-state index in [9.17, 15) is 13.5 Å². The third kappa shape index (κ3) is 3.66. The first-order valence-electron chi connectivity index (χ1n) is 6.90. The average molecular weight is 292 g/mol. The van der Waals surface area contributed by atoms with Crippen LogP contribution in [0.5, 0.6) is 0 Å². The van der Waals surface area contributed by atoms with E-state index in [4.69, 9.17) is 4.74 Å². The normalized spacial score (nSPS) is 28.5. The zero-order chi connectivity index (χ0) is 13.9. The Kier molecular flexibility index (Phi) is 4.84. The van der Waals surface area contributed by atoms with Crippen molar-refractivity contribution in [3.05, 3.63) is 0 Å². The molecular weight excluding hydrogens is 268 g/mol. The number of rotatable bonds is 4. The molecule has 2 N–H and O–H groups in total. The van der Waals surface area contributed by atoms with Gasteiger partial charge in [-0.3, -0.25) is 0 Å². The van der Waals surface area contributed by atoms with Gasteiger partial charge in [0.1, 0.15) is 0 Å². The van der Waals surface area contributed by atoms with Crippen LogP contribution in [0.3, 0.4) is 0 Å². The molecule has 6 nitrogen and oxygen atoms in total. The molecule has 1 unspecified atom stereocenters. The molecule has 2 saturated heterocycles. The van der Waals surface area contributed by atoms with Crippen molar-refractivity contribution in [3.8, 4) is 0 Å². The summed E-state index contributed by atoms with van der Waals surface area (Å²) in [7, 11) is -1.76. The Balaban J connectivity index is 1.99. The second-order valence-corrected chi connectivity index (χ2v) is 7.93. The number of ether oxygens (including phenoxy) is 1. The summed E-state index contributed by atoms with van der Waals surface area (Å²) in [6.45, 7) is 2.55. The van der Waals surface area contributed by atoms with Crippen LogP contribution in [0, 0.1) is 0 Å². The van der Waals surface area contributed by atoms with Gasteiger partial charge >= 0.3 is 0 Å². The summed E-state index contributed by atoms with van der Waals surface area (Å²) >= 11 is 0. The van der Waals surface area contributed by atoms with E-state index in [-0.39, 0.29) is 11.8 Å². The van der Waals surface area contributed by atoms with E-state index in [1.165, 1.54) is 4.31 Å². The number of nitrogens with zero attached hydrogens (tertiary/aromatic N) is 1. The number of likely N-dealkylation sites (N-methyl/N-ethyl adjacent to an activating group) is 1. The monoisotopic (exact) mass is 292 g/mol. The fourth-order valence-corrected chi connectivity index (χ4v) is 4.46. The lowest BCUT2D eigenvalue weighted by atomic mass is 9.95. The van der Waals surface area contributed by atoms with Gasteiger partial charge in [0, 0.05) is 46.2 Å². The molecule has 0 aromatic heterocycles. The van der Waals surface area contributed by atoms with Crippen LogP contribution in [0.15, 0.2) is 0 Å². The van der Waals surface area contributed by atoms with Crippen LogP contribution >= 0.6 is 0 Å². The Morgan fingerprint density at radius 1 is 1.42 bits per heavy atom. The summed E-state index contributed by atoms with van der Waals surface area (Å²) in [5, 5.41) is 13.2. The summed E-state index contributed by atoms with van der Waals surface area (Å²) in [6, 6.07) is 0. The van der Waals surface area contributed by atoms with Crippen molar-refractivity contribution in [2.45, 2.75) is 36.5 Å². The van der Waals surface area contributed by atoms with E-state index in [0.29, 0.717) is 39.0 Å². The van der Waals surface area contributed by atoms with Crippen molar-refractivity contribution >= 4 is 10.0 Å². The average Bonchev–Trinajstić information content (AvgIpc) is 2.40. The third-order valence-electron chi connectivity index (χ3n) is 4.05. The topological polar surface area (TPSA) is 78.9 Å². The molecule has 0 saturated carbocycles. The number of piperidine rings is 1. The van der Waals surface area contributed by atoms with E-state index >= 15 is 0 Å². The molecule has 0 aromatic carbocycles. The van der Waals surface area contributed by atoms with E-state index in [1.807, 2.05) is 0 Å². The van der Waals surface area contributed by atoms with E-state index < -0.39 is 15.6 Å². The smallest absolute Gasteiger partial charge is 0.218 e. The zero-order valence-corrected chi connectivity index (χ0v) is 12.3. The van der Waals surface area contributed by atoms with Crippen molar-refractivity contribution in [3.63, 3.8) is 0 Å². The minimum Gasteiger partial charge on any atom is -0.388 e. The fraction of sp³-hybridized carbons (Fsp3) is 1.00. The third-order valence-corrected chi connectivity index (χ3v) is 6.29. The highest BCUT2D eigenvalue weighted by molar-refractivity contribution is 7.89. The quantitative estimate of drug-likeness (QED) is 0.733. The van der Waals surface area contributed by atoms with Crippen LogP contribution in [0.2, 0.25) is 0 Å². The van der Waals surface area contributed by atoms with E-state index in [2.05, 4.69) is 5.32 Å². The van der Waals surface area contributed by atoms with Gasteiger partial charge < -0.3 is 15.2 Å². The van der Waals surface area contributed by atoms with Crippen LogP contribution < -0.4 is 5.32 Å². The SMILES string of the molecule is CN(CC1(O)CCOCC1)S(=O)(=O)C1CCCNC1. The van der Waals surface area contributed by atoms with Gasteiger partial charge in [0.05, 0.1) is 10.9 Å². The number of hydrogen-bond acceptors (Lipinski definition) is 5. The maximum absolute atomic E-state index is 12.4. The Morgan fingerprint density at radius 3 is 2.68 bits per heavy atom. The van der Waals surface area contributed by atoms with Gasteiger partial charge in [-0.15, -0.1) is 0 Å². The summed E-state index contributed by atoms with van der Waals surface area (Å²) in [5.74, 6) is 0. The Labute approximate surface area is 115 Å². The molecular formula is C12H24N2O4S. The van der Waals surface area contributed by atoms with Gasteiger partial charge in [-0.05, 0) is 19.4 Å². The molecule has 0 aromatic rings. The molecule has 7 heteroatoms. The lowest BCUT2D eigenvalue weighted by Gasteiger charge is -2.36. The minimum atomic E-state index is -3.33. The van der Waals surface area contributed by atoms with Crippen LogP contribution in [-0.4, -0.2) is 68.6 Å². The van der Waals surface area contributed by atoms with Crippen molar-refractivity contribution in [1.29, 1.82) is 0 Å². The predicted molar refractivity (Wildman–Crippen MR) is 72.4 cm³/mol. The van der Waals surface area contributed by atoms with Crippen LogP contribution in [0.4, 0.5) is 0 Å². The molecule has 19 heavy (non-hydrogen) atoms. The molecule has 2 heterocycles. The lowest BCUT2D eigenvalue weighted by Crippen LogP contribution is -2.51. The van der Waals surface area contributed by atoms with Gasteiger partial charge in [-0.25, -0.2) is 12.7 Å². The molecule has 2 rings (SSSR count). The molecule has 112 valence electrons. The molecule has 2 aliphatic heterocycles. The largest absolute Gasteiger partial charge is 0.388 e. The van der Waals surface area contributed by atoms with Crippen molar-refractivity contribution in [2.75, 3.05) is 39.9 Å². The second-order valence-electron chi connectivity index (χ2n) is 5.61. The minimum absolute atomic E-state index is 0.162. The zero-order valence-electron chi connectivity index (χ0n) is 11.5. The molecule has 2 aliphatic rings. The lowest BCUT2D eigenvalue weighted by molar-refractivity contribution is -0.0690. The molecule has 0 spiro atoms. The fourth-order valence-electron chi connectivity index (χ4n) is 2.74. The van der Waals surface area contributed by atoms with Gasteiger partial charge in [0.15, 0.2) is 0 Å². The van der Waals surface area contributed by atoms with Crippen molar-refractivity contribution in [2.24, 2.45) is 0 Å². The predicted octanol–water partition coefficient (Wildman–Crippen LogP) is -0.458. The first-order chi connectivity index (χ1) is 8.94. The van der Waals surface area contributed by atoms with Crippen LogP contribution in [0.25, 0.3) is 0 Å². The highest BCUT2D eigenvalue weighted by atomic mass is 32.2. The van der Waals surface area contributed by atoms with Gasteiger partial charge in [0.2, 0.25) is 10.0 Å². The molecule has 0 radical (unpaired) electrons. The van der Waals surface area contributed by atoms with E-state index in [1.54, 1.807) is 7.05 Å². The molecule has 0 bridgehead atoms. The Hall–Kier alpha value is -0.210. The first-order valence-corrected chi connectivity index (χ1v) is 8.40. The summed E-state index contributed by atoms with van der Waals surface area (Å²) in [6.07, 6.45) is 2.57. The molecule has 0 aliphatic carbocycles. The van der Waals surface area contributed by atoms with Crippen LogP contribution in [0.1, 0.15) is 25.7 Å². The molecule has 2 fully saturated rings. The molecule has 0 amide bonds.